The maximum Gasteiger partial charge on any atom is 0.0620 e. The van der Waals surface area contributed by atoms with Crippen molar-refractivity contribution in [3.63, 3.8) is 0 Å². The third-order valence-corrected chi connectivity index (χ3v) is 10.2. The van der Waals surface area contributed by atoms with Crippen LogP contribution in [-0.2, 0) is 6.42 Å². The Morgan fingerprint density at radius 1 is 0.739 bits per heavy atom. The van der Waals surface area contributed by atoms with Crippen molar-refractivity contribution in [3.8, 4) is 0 Å². The Labute approximate surface area is 269 Å². The summed E-state index contributed by atoms with van der Waals surface area (Å²) in [6.07, 6.45) is 23.1. The highest BCUT2D eigenvalue weighted by atomic mass is 15.0. The summed E-state index contributed by atoms with van der Waals surface area (Å²) in [5.74, 6) is 0. The molecular weight excluding hydrogens is 556 g/mol. The molecule has 0 fully saturated rings. The van der Waals surface area contributed by atoms with Gasteiger partial charge in [0, 0.05) is 38.2 Å². The number of allylic oxidation sites excluding steroid dienone is 9. The van der Waals surface area contributed by atoms with Crippen LogP contribution in [0.2, 0.25) is 0 Å². The van der Waals surface area contributed by atoms with E-state index < -0.39 is 0 Å². The van der Waals surface area contributed by atoms with Crippen LogP contribution in [0, 0.1) is 0 Å². The lowest BCUT2D eigenvalue weighted by Crippen LogP contribution is -2.02. The van der Waals surface area contributed by atoms with Crippen molar-refractivity contribution >= 4 is 72.4 Å². The lowest BCUT2D eigenvalue weighted by molar-refractivity contribution is 0.925. The molecule has 2 aliphatic carbocycles. The molecule has 3 heterocycles. The molecule has 2 aliphatic rings. The molecule has 222 valence electrons. The van der Waals surface area contributed by atoms with Gasteiger partial charge in [0.25, 0.3) is 0 Å². The predicted octanol–water partition coefficient (Wildman–Crippen LogP) is 12.0. The Balaban J connectivity index is 1.12. The highest BCUT2D eigenvalue weighted by molar-refractivity contribution is 6.23. The molecule has 46 heavy (non-hydrogen) atoms. The third-order valence-electron chi connectivity index (χ3n) is 10.2. The summed E-state index contributed by atoms with van der Waals surface area (Å²) < 4.78 is 4.98. The van der Waals surface area contributed by atoms with E-state index in [1.165, 1.54) is 88.2 Å². The van der Waals surface area contributed by atoms with Crippen LogP contribution in [0.15, 0.2) is 127 Å². The van der Waals surface area contributed by atoms with Gasteiger partial charge >= 0.3 is 0 Å². The Hall–Kier alpha value is -5.34. The fourth-order valence-corrected chi connectivity index (χ4v) is 8.15. The number of rotatable bonds is 6. The molecule has 0 N–H and O–H groups in total. The zero-order chi connectivity index (χ0) is 30.8. The van der Waals surface area contributed by atoms with Gasteiger partial charge in [-0.05, 0) is 80.0 Å². The second kappa shape index (κ2) is 10.6. The number of para-hydroxylation sites is 3. The largest absolute Gasteiger partial charge is 0.313 e. The van der Waals surface area contributed by atoms with Crippen molar-refractivity contribution in [2.75, 3.05) is 0 Å². The number of hydrogen-bond donors (Lipinski definition) is 0. The first-order chi connectivity index (χ1) is 22.7. The summed E-state index contributed by atoms with van der Waals surface area (Å²) >= 11 is 0. The van der Waals surface area contributed by atoms with Crippen LogP contribution in [0.3, 0.4) is 0 Å². The molecule has 0 saturated carbocycles. The van der Waals surface area contributed by atoms with Crippen LogP contribution >= 0.6 is 0 Å². The van der Waals surface area contributed by atoms with Crippen molar-refractivity contribution in [3.05, 3.63) is 150 Å². The number of fused-ring (bicyclic) bond motifs is 7. The van der Waals surface area contributed by atoms with Crippen LogP contribution < -0.4 is 0 Å². The Morgan fingerprint density at radius 2 is 1.54 bits per heavy atom. The molecule has 0 saturated heterocycles. The van der Waals surface area contributed by atoms with Gasteiger partial charge in [-0.1, -0.05) is 115 Å². The molecule has 0 bridgehead atoms. The predicted molar refractivity (Wildman–Crippen MR) is 199 cm³/mol. The number of nitrogens with zero attached hydrogens (tertiary/aromatic N) is 2. The van der Waals surface area contributed by atoms with Gasteiger partial charge in [0.05, 0.1) is 27.8 Å². The first-order valence-corrected chi connectivity index (χ1v) is 16.6. The van der Waals surface area contributed by atoms with Gasteiger partial charge in [-0.15, -0.1) is 0 Å². The van der Waals surface area contributed by atoms with E-state index in [4.69, 9.17) is 0 Å². The maximum atomic E-state index is 4.19. The van der Waals surface area contributed by atoms with Crippen molar-refractivity contribution in [2.24, 2.45) is 0 Å². The highest BCUT2D eigenvalue weighted by Gasteiger charge is 2.21. The summed E-state index contributed by atoms with van der Waals surface area (Å²) in [6.45, 7) is 6.29. The minimum Gasteiger partial charge on any atom is -0.313 e. The lowest BCUT2D eigenvalue weighted by Gasteiger charge is -2.18. The van der Waals surface area contributed by atoms with Gasteiger partial charge in [0.2, 0.25) is 0 Å². The number of benzene rings is 4. The van der Waals surface area contributed by atoms with E-state index in [1.54, 1.807) is 0 Å². The van der Waals surface area contributed by atoms with Gasteiger partial charge in [-0.25, -0.2) is 0 Å². The van der Waals surface area contributed by atoms with Gasteiger partial charge in [-0.2, -0.15) is 0 Å². The molecule has 7 aromatic rings. The first kappa shape index (κ1) is 27.0. The van der Waals surface area contributed by atoms with Crippen molar-refractivity contribution in [1.82, 2.24) is 8.97 Å². The van der Waals surface area contributed by atoms with E-state index in [2.05, 4.69) is 144 Å². The standard InChI is InChI=1S/C44H36N2/c1-3-12-40-34(4-2)36-26-25-31(28-42(36)45(40)33-14-6-5-7-15-33)30-23-21-29(22-24-30)27-32-13-10-17-38-39-19-11-18-37-35-16-8-9-20-41(35)46(43(32)38)44(37)39/h3-6,8-14,16-21,23,25-26,28H,2,7,15,22,24,27H2,1H3/b12-3-. The van der Waals surface area contributed by atoms with E-state index in [-0.39, 0.29) is 0 Å². The zero-order valence-electron chi connectivity index (χ0n) is 26.3. The average molecular weight is 593 g/mol. The van der Waals surface area contributed by atoms with E-state index >= 15 is 0 Å². The monoisotopic (exact) mass is 592 g/mol. The van der Waals surface area contributed by atoms with E-state index in [0.717, 1.165) is 32.1 Å². The Morgan fingerprint density at radius 3 is 2.33 bits per heavy atom. The topological polar surface area (TPSA) is 9.34 Å². The van der Waals surface area contributed by atoms with E-state index in [0.29, 0.717) is 0 Å². The van der Waals surface area contributed by atoms with Crippen LogP contribution in [0.5, 0.6) is 0 Å². The summed E-state index contributed by atoms with van der Waals surface area (Å²) in [7, 11) is 0. The van der Waals surface area contributed by atoms with Crippen LogP contribution in [0.4, 0.5) is 0 Å². The van der Waals surface area contributed by atoms with Gasteiger partial charge in [0.1, 0.15) is 0 Å². The smallest absolute Gasteiger partial charge is 0.0620 e. The molecule has 2 heteroatoms. The summed E-state index contributed by atoms with van der Waals surface area (Å²) in [5, 5.41) is 6.65. The molecule has 0 radical (unpaired) electrons. The quantitative estimate of drug-likeness (QED) is 0.182. The molecule has 4 aromatic carbocycles. The molecule has 0 aliphatic heterocycles. The van der Waals surface area contributed by atoms with Crippen LogP contribution in [0.1, 0.15) is 55.0 Å². The normalized spacial score (nSPS) is 15.5. The third kappa shape index (κ3) is 3.96. The summed E-state index contributed by atoms with van der Waals surface area (Å²) in [6, 6.07) is 29.5. The molecule has 9 rings (SSSR count). The van der Waals surface area contributed by atoms with Crippen molar-refractivity contribution in [2.45, 2.75) is 39.0 Å². The fraction of sp³-hybridized carbons (Fsp3) is 0.136. The molecule has 2 nitrogen and oxygen atoms in total. The van der Waals surface area contributed by atoms with E-state index in [9.17, 15) is 0 Å². The minimum atomic E-state index is 0.966. The molecule has 0 unspecified atom stereocenters. The van der Waals surface area contributed by atoms with Crippen LogP contribution in [-0.4, -0.2) is 8.97 Å². The van der Waals surface area contributed by atoms with Gasteiger partial charge < -0.3 is 8.97 Å². The molecule has 0 spiro atoms. The highest BCUT2D eigenvalue weighted by Crippen LogP contribution is 2.41. The second-order valence-corrected chi connectivity index (χ2v) is 12.8. The lowest BCUT2D eigenvalue weighted by atomic mass is 9.89. The number of aromatic nitrogens is 2. The second-order valence-electron chi connectivity index (χ2n) is 12.8. The summed E-state index contributed by atoms with van der Waals surface area (Å²) in [5.41, 5.74) is 14.7. The Bertz CT molecular complexity index is 2520. The van der Waals surface area contributed by atoms with Gasteiger partial charge in [0.15, 0.2) is 0 Å². The SMILES string of the molecule is C=Cc1c(/C=C\C)n(C2=CC=CCC2)c2cc(C3=CC=C(Cc4cccc5c6cccc7c8ccccc8n(c45)c76)CC3)ccc12. The molecule has 3 aromatic heterocycles. The Kier molecular flexibility index (Phi) is 6.24. The molecule has 0 amide bonds. The molecule has 0 atom stereocenters. The first-order valence-electron chi connectivity index (χ1n) is 16.6. The minimum absolute atomic E-state index is 0.966. The summed E-state index contributed by atoms with van der Waals surface area (Å²) in [4.78, 5) is 0. The molecular formula is C44H36N2. The van der Waals surface area contributed by atoms with E-state index in [1.807, 2.05) is 6.08 Å². The van der Waals surface area contributed by atoms with Crippen molar-refractivity contribution < 1.29 is 0 Å². The fourth-order valence-electron chi connectivity index (χ4n) is 8.15. The number of hydrogen-bond acceptors (Lipinski definition) is 0. The van der Waals surface area contributed by atoms with Gasteiger partial charge in [-0.3, -0.25) is 0 Å². The maximum absolute atomic E-state index is 4.19. The zero-order valence-corrected chi connectivity index (χ0v) is 26.3. The van der Waals surface area contributed by atoms with Crippen LogP contribution in [0.25, 0.3) is 72.4 Å². The average Bonchev–Trinajstić information content (AvgIpc) is 3.74. The van der Waals surface area contributed by atoms with Crippen molar-refractivity contribution in [1.29, 1.82) is 0 Å².